The van der Waals surface area contributed by atoms with Crippen molar-refractivity contribution < 1.29 is 8.78 Å². The monoisotopic (exact) mass is 348 g/mol. The van der Waals surface area contributed by atoms with E-state index in [1.54, 1.807) is 36.5 Å². The van der Waals surface area contributed by atoms with Gasteiger partial charge < -0.3 is 0 Å². The van der Waals surface area contributed by atoms with Crippen molar-refractivity contribution in [3.8, 4) is 11.4 Å². The van der Waals surface area contributed by atoms with Crippen LogP contribution in [0.5, 0.6) is 0 Å². The number of fused-ring (bicyclic) bond motifs is 1. The van der Waals surface area contributed by atoms with Crippen molar-refractivity contribution in [1.29, 1.82) is 0 Å². The van der Waals surface area contributed by atoms with E-state index in [0.29, 0.717) is 22.6 Å². The second-order valence-corrected chi connectivity index (χ2v) is 5.89. The molecule has 0 amide bonds. The van der Waals surface area contributed by atoms with Gasteiger partial charge in [0.05, 0.1) is 16.8 Å². The van der Waals surface area contributed by atoms with Gasteiger partial charge in [0.15, 0.2) is 5.82 Å². The first-order valence-electron chi connectivity index (χ1n) is 8.01. The SMILES string of the molecule is Cc1ccnc(-c2cc3c(C=Cc4ccc(F)cc4)n[nH]c3cc2F)n1. The molecule has 0 saturated heterocycles. The highest BCUT2D eigenvalue weighted by molar-refractivity contribution is 5.92. The fraction of sp³-hybridized carbons (Fsp3) is 0.0500. The molecule has 0 fully saturated rings. The lowest BCUT2D eigenvalue weighted by Crippen LogP contribution is -1.93. The molecule has 4 aromatic rings. The maximum absolute atomic E-state index is 14.5. The second kappa shape index (κ2) is 6.48. The first-order chi connectivity index (χ1) is 12.6. The first kappa shape index (κ1) is 16.1. The highest BCUT2D eigenvalue weighted by Gasteiger charge is 2.13. The zero-order valence-corrected chi connectivity index (χ0v) is 13.9. The normalized spacial score (nSPS) is 11.5. The van der Waals surface area contributed by atoms with Crippen LogP contribution in [0.25, 0.3) is 34.4 Å². The Morgan fingerprint density at radius 1 is 1.00 bits per heavy atom. The summed E-state index contributed by atoms with van der Waals surface area (Å²) in [6.45, 7) is 1.83. The predicted molar refractivity (Wildman–Crippen MR) is 97.1 cm³/mol. The first-order valence-corrected chi connectivity index (χ1v) is 8.01. The number of hydrogen-bond donors (Lipinski definition) is 1. The van der Waals surface area contributed by atoms with Crippen LogP contribution in [-0.4, -0.2) is 20.2 Å². The summed E-state index contributed by atoms with van der Waals surface area (Å²) in [7, 11) is 0. The molecule has 2 aromatic carbocycles. The van der Waals surface area contributed by atoms with E-state index in [4.69, 9.17) is 0 Å². The summed E-state index contributed by atoms with van der Waals surface area (Å²) in [6.07, 6.45) is 5.22. The molecule has 26 heavy (non-hydrogen) atoms. The van der Waals surface area contributed by atoms with E-state index in [0.717, 1.165) is 16.6 Å². The maximum Gasteiger partial charge on any atom is 0.162 e. The molecule has 0 spiro atoms. The number of aromatic nitrogens is 4. The molecule has 0 radical (unpaired) electrons. The second-order valence-electron chi connectivity index (χ2n) is 5.89. The fourth-order valence-corrected chi connectivity index (χ4v) is 2.68. The quantitative estimate of drug-likeness (QED) is 0.580. The number of nitrogens with zero attached hydrogens (tertiary/aromatic N) is 3. The average molecular weight is 348 g/mol. The molecular weight excluding hydrogens is 334 g/mol. The van der Waals surface area contributed by atoms with Crippen molar-refractivity contribution in [2.24, 2.45) is 0 Å². The van der Waals surface area contributed by atoms with Gasteiger partial charge in [0.1, 0.15) is 11.6 Å². The number of aromatic amines is 1. The zero-order chi connectivity index (χ0) is 18.1. The molecule has 0 aliphatic heterocycles. The number of nitrogens with one attached hydrogen (secondary N) is 1. The van der Waals surface area contributed by atoms with Gasteiger partial charge in [-0.05, 0) is 42.8 Å². The summed E-state index contributed by atoms with van der Waals surface area (Å²) >= 11 is 0. The molecule has 0 bridgehead atoms. The number of hydrogen-bond acceptors (Lipinski definition) is 3. The number of rotatable bonds is 3. The molecule has 0 unspecified atom stereocenters. The highest BCUT2D eigenvalue weighted by Crippen LogP contribution is 2.27. The van der Waals surface area contributed by atoms with Crippen LogP contribution in [0, 0.1) is 18.6 Å². The van der Waals surface area contributed by atoms with Gasteiger partial charge in [0.25, 0.3) is 0 Å². The van der Waals surface area contributed by atoms with E-state index in [9.17, 15) is 8.78 Å². The van der Waals surface area contributed by atoms with Crippen LogP contribution in [0.4, 0.5) is 8.78 Å². The van der Waals surface area contributed by atoms with E-state index in [1.165, 1.54) is 18.2 Å². The van der Waals surface area contributed by atoms with Gasteiger partial charge in [-0.1, -0.05) is 18.2 Å². The third-order valence-corrected chi connectivity index (χ3v) is 4.02. The third-order valence-electron chi connectivity index (χ3n) is 4.02. The molecule has 2 heterocycles. The Bertz CT molecular complexity index is 1110. The smallest absolute Gasteiger partial charge is 0.162 e. The molecular formula is C20H14F2N4. The van der Waals surface area contributed by atoms with Gasteiger partial charge in [0.2, 0.25) is 0 Å². The molecule has 1 N–H and O–H groups in total. The van der Waals surface area contributed by atoms with Crippen molar-refractivity contribution in [3.63, 3.8) is 0 Å². The molecule has 0 saturated carbocycles. The molecule has 4 rings (SSSR count). The van der Waals surface area contributed by atoms with Crippen molar-refractivity contribution in [3.05, 3.63) is 77.2 Å². The Balaban J connectivity index is 1.77. The van der Waals surface area contributed by atoms with E-state index in [1.807, 2.05) is 13.0 Å². The summed E-state index contributed by atoms with van der Waals surface area (Å²) in [5.41, 5.74) is 3.15. The third kappa shape index (κ3) is 3.09. The number of H-pyrrole nitrogens is 1. The minimum absolute atomic E-state index is 0.286. The zero-order valence-electron chi connectivity index (χ0n) is 13.9. The van der Waals surface area contributed by atoms with Crippen LogP contribution < -0.4 is 0 Å². The molecule has 0 aliphatic carbocycles. The Morgan fingerprint density at radius 2 is 1.81 bits per heavy atom. The van der Waals surface area contributed by atoms with E-state index in [2.05, 4.69) is 20.2 Å². The Kier molecular flexibility index (Phi) is 4.01. The van der Waals surface area contributed by atoms with Crippen molar-refractivity contribution in [1.82, 2.24) is 20.2 Å². The number of benzene rings is 2. The molecule has 2 aromatic heterocycles. The summed E-state index contributed by atoms with van der Waals surface area (Å²) in [6, 6.07) is 11.0. The topological polar surface area (TPSA) is 54.5 Å². The van der Waals surface area contributed by atoms with Gasteiger partial charge in [-0.15, -0.1) is 0 Å². The van der Waals surface area contributed by atoms with Crippen LogP contribution in [-0.2, 0) is 0 Å². The molecule has 6 heteroatoms. The standard InChI is InChI=1S/C20H14F2N4/c1-12-8-9-23-20(24-12)15-10-16-18(25-26-19(16)11-17(15)22)7-4-13-2-5-14(21)6-3-13/h2-11H,1H3,(H,25,26). The van der Waals surface area contributed by atoms with Crippen LogP contribution >= 0.6 is 0 Å². The highest BCUT2D eigenvalue weighted by atomic mass is 19.1. The summed E-state index contributed by atoms with van der Waals surface area (Å²) in [5.74, 6) is -0.370. The summed E-state index contributed by atoms with van der Waals surface area (Å²) in [4.78, 5) is 8.45. The minimum Gasteiger partial charge on any atom is -0.277 e. The minimum atomic E-state index is -0.416. The van der Waals surface area contributed by atoms with Gasteiger partial charge in [-0.25, -0.2) is 18.7 Å². The maximum atomic E-state index is 14.5. The van der Waals surface area contributed by atoms with Crippen molar-refractivity contribution >= 4 is 23.1 Å². The Morgan fingerprint density at radius 3 is 2.58 bits per heavy atom. The lowest BCUT2D eigenvalue weighted by atomic mass is 10.1. The van der Waals surface area contributed by atoms with Crippen LogP contribution in [0.2, 0.25) is 0 Å². The van der Waals surface area contributed by atoms with Gasteiger partial charge in [-0.3, -0.25) is 5.10 Å². The average Bonchev–Trinajstić information content (AvgIpc) is 3.02. The Labute approximate surface area is 148 Å². The lowest BCUT2D eigenvalue weighted by molar-refractivity contribution is 0.627. The Hall–Kier alpha value is -3.41. The van der Waals surface area contributed by atoms with Crippen molar-refractivity contribution in [2.45, 2.75) is 6.92 Å². The van der Waals surface area contributed by atoms with Gasteiger partial charge >= 0.3 is 0 Å². The van der Waals surface area contributed by atoms with Gasteiger partial charge in [-0.2, -0.15) is 5.10 Å². The van der Waals surface area contributed by atoms with Crippen LogP contribution in [0.1, 0.15) is 17.0 Å². The largest absolute Gasteiger partial charge is 0.277 e. The fourth-order valence-electron chi connectivity index (χ4n) is 2.68. The number of aryl methyl sites for hydroxylation is 1. The lowest BCUT2D eigenvalue weighted by Gasteiger charge is -2.03. The van der Waals surface area contributed by atoms with E-state index < -0.39 is 5.82 Å². The van der Waals surface area contributed by atoms with E-state index >= 15 is 0 Å². The van der Waals surface area contributed by atoms with Crippen LogP contribution in [0.3, 0.4) is 0 Å². The predicted octanol–water partition coefficient (Wildman–Crippen LogP) is 4.78. The van der Waals surface area contributed by atoms with E-state index in [-0.39, 0.29) is 5.82 Å². The molecule has 0 atom stereocenters. The summed E-state index contributed by atoms with van der Waals surface area (Å²) in [5, 5.41) is 7.80. The van der Waals surface area contributed by atoms with Gasteiger partial charge in [0, 0.05) is 23.3 Å². The summed E-state index contributed by atoms with van der Waals surface area (Å²) < 4.78 is 27.4. The molecule has 4 nitrogen and oxygen atoms in total. The molecule has 128 valence electrons. The number of halogens is 2. The molecule has 0 aliphatic rings. The van der Waals surface area contributed by atoms with Crippen molar-refractivity contribution in [2.75, 3.05) is 0 Å². The van der Waals surface area contributed by atoms with Crippen LogP contribution in [0.15, 0.2) is 48.7 Å².